The Kier molecular flexibility index (Phi) is 5.09. The van der Waals surface area contributed by atoms with Crippen molar-refractivity contribution >= 4 is 34.4 Å². The lowest BCUT2D eigenvalue weighted by atomic mass is 10.1. The molecule has 162 valence electrons. The van der Waals surface area contributed by atoms with Gasteiger partial charge in [-0.2, -0.15) is 5.10 Å². The summed E-state index contributed by atoms with van der Waals surface area (Å²) in [6.07, 6.45) is 1.78. The van der Waals surface area contributed by atoms with Crippen LogP contribution in [0.15, 0.2) is 58.6 Å². The first-order valence-electron chi connectivity index (χ1n) is 10.5. The number of anilines is 1. The van der Waals surface area contributed by atoms with E-state index in [0.717, 1.165) is 22.5 Å². The largest absolute Gasteiger partial charge is 0.326 e. The topological polar surface area (TPSA) is 81.8 Å². The van der Waals surface area contributed by atoms with Crippen LogP contribution in [-0.2, 0) is 4.79 Å². The second kappa shape index (κ2) is 7.94. The molecule has 5 rings (SSSR count). The summed E-state index contributed by atoms with van der Waals surface area (Å²) < 4.78 is 3.34. The Morgan fingerprint density at radius 1 is 1.12 bits per heavy atom. The zero-order chi connectivity index (χ0) is 22.4. The normalized spacial score (nSPS) is 15.2. The SMILES string of the molecule is Cc1ccc(-n2ncc3c(=O)n4c(nc32)SCC4CC(=O)Nc2ccc(C)c(C)c2)cc1. The van der Waals surface area contributed by atoms with Gasteiger partial charge in [-0.15, -0.1) is 0 Å². The highest BCUT2D eigenvalue weighted by Crippen LogP contribution is 2.33. The van der Waals surface area contributed by atoms with Crippen LogP contribution in [0.4, 0.5) is 5.69 Å². The molecule has 0 radical (unpaired) electrons. The standard InChI is InChI=1S/C24H23N5O2S/c1-14-4-8-18(9-5-14)29-22-20(12-25-29)23(31)28-19(13-32-24(28)27-22)11-21(30)26-17-7-6-15(2)16(3)10-17/h4-10,12,19H,11,13H2,1-3H3,(H,26,30). The molecule has 0 saturated carbocycles. The zero-order valence-corrected chi connectivity index (χ0v) is 18.9. The molecule has 2 aromatic carbocycles. The van der Waals surface area contributed by atoms with Gasteiger partial charge in [0.25, 0.3) is 5.56 Å². The van der Waals surface area contributed by atoms with Crippen LogP contribution in [-0.4, -0.2) is 31.0 Å². The minimum Gasteiger partial charge on any atom is -0.326 e. The van der Waals surface area contributed by atoms with Crippen molar-refractivity contribution in [3.8, 4) is 5.69 Å². The summed E-state index contributed by atoms with van der Waals surface area (Å²) in [5.74, 6) is 0.515. The summed E-state index contributed by atoms with van der Waals surface area (Å²) in [4.78, 5) is 30.7. The van der Waals surface area contributed by atoms with Gasteiger partial charge in [0.1, 0.15) is 5.39 Å². The predicted molar refractivity (Wildman–Crippen MR) is 127 cm³/mol. The molecule has 7 nitrogen and oxygen atoms in total. The van der Waals surface area contributed by atoms with E-state index in [9.17, 15) is 9.59 Å². The summed E-state index contributed by atoms with van der Waals surface area (Å²) in [6, 6.07) is 13.5. The molecule has 0 aliphatic carbocycles. The Morgan fingerprint density at radius 2 is 1.91 bits per heavy atom. The molecule has 1 aliphatic rings. The lowest BCUT2D eigenvalue weighted by Gasteiger charge is -2.14. The molecule has 1 atom stereocenters. The first-order chi connectivity index (χ1) is 15.4. The van der Waals surface area contributed by atoms with Gasteiger partial charge >= 0.3 is 0 Å². The van der Waals surface area contributed by atoms with Crippen LogP contribution in [0, 0.1) is 20.8 Å². The van der Waals surface area contributed by atoms with Crippen LogP contribution in [0.1, 0.15) is 29.2 Å². The number of hydrogen-bond acceptors (Lipinski definition) is 5. The Bertz CT molecular complexity index is 1400. The molecule has 4 aromatic rings. The van der Waals surface area contributed by atoms with Crippen molar-refractivity contribution in [2.24, 2.45) is 0 Å². The number of carbonyl (C=O) groups excluding carboxylic acids is 1. The van der Waals surface area contributed by atoms with E-state index in [1.54, 1.807) is 15.4 Å². The van der Waals surface area contributed by atoms with Crippen molar-refractivity contribution in [3.05, 3.63) is 75.7 Å². The molecule has 1 unspecified atom stereocenters. The molecule has 0 fully saturated rings. The van der Waals surface area contributed by atoms with Crippen LogP contribution in [0.5, 0.6) is 0 Å². The second-order valence-corrected chi connectivity index (χ2v) is 9.20. The summed E-state index contributed by atoms with van der Waals surface area (Å²) in [5.41, 5.74) is 5.46. The molecule has 2 aromatic heterocycles. The van der Waals surface area contributed by atoms with E-state index >= 15 is 0 Å². The number of thioether (sulfide) groups is 1. The van der Waals surface area contributed by atoms with Gasteiger partial charge in [0.05, 0.1) is 17.9 Å². The van der Waals surface area contributed by atoms with Crippen LogP contribution in [0.2, 0.25) is 0 Å². The smallest absolute Gasteiger partial charge is 0.265 e. The van der Waals surface area contributed by atoms with Gasteiger partial charge in [-0.05, 0) is 56.2 Å². The third-order valence-electron chi connectivity index (χ3n) is 5.86. The number of hydrogen-bond donors (Lipinski definition) is 1. The van der Waals surface area contributed by atoms with E-state index in [1.165, 1.54) is 17.3 Å². The molecular weight excluding hydrogens is 422 g/mol. The molecule has 0 saturated heterocycles. The van der Waals surface area contributed by atoms with Gasteiger partial charge < -0.3 is 5.32 Å². The lowest BCUT2D eigenvalue weighted by molar-refractivity contribution is -0.116. The maximum atomic E-state index is 13.3. The number of aromatic nitrogens is 4. The Morgan fingerprint density at radius 3 is 2.66 bits per heavy atom. The number of amides is 1. The molecule has 1 N–H and O–H groups in total. The van der Waals surface area contributed by atoms with Gasteiger partial charge in [-0.3, -0.25) is 14.2 Å². The molecule has 32 heavy (non-hydrogen) atoms. The lowest BCUT2D eigenvalue weighted by Crippen LogP contribution is -2.27. The molecule has 1 amide bonds. The second-order valence-electron chi connectivity index (χ2n) is 8.21. The third kappa shape index (κ3) is 3.60. The first-order valence-corrected chi connectivity index (χ1v) is 11.5. The molecule has 0 spiro atoms. The summed E-state index contributed by atoms with van der Waals surface area (Å²) >= 11 is 1.50. The van der Waals surface area contributed by atoms with Crippen molar-refractivity contribution in [1.82, 2.24) is 19.3 Å². The first kappa shape index (κ1) is 20.5. The van der Waals surface area contributed by atoms with E-state index < -0.39 is 0 Å². The highest BCUT2D eigenvalue weighted by molar-refractivity contribution is 7.99. The maximum absolute atomic E-state index is 13.3. The fraction of sp³-hybridized carbons (Fsp3) is 0.250. The van der Waals surface area contributed by atoms with E-state index in [0.29, 0.717) is 21.9 Å². The number of benzene rings is 2. The summed E-state index contributed by atoms with van der Waals surface area (Å²) in [7, 11) is 0. The number of rotatable bonds is 4. The van der Waals surface area contributed by atoms with E-state index in [1.807, 2.05) is 63.2 Å². The Labute approximate surface area is 189 Å². The van der Waals surface area contributed by atoms with Gasteiger partial charge in [0.2, 0.25) is 5.91 Å². The quantitative estimate of drug-likeness (QED) is 0.477. The van der Waals surface area contributed by atoms with E-state index in [4.69, 9.17) is 4.98 Å². The molecule has 1 aliphatic heterocycles. The number of aryl methyl sites for hydroxylation is 3. The van der Waals surface area contributed by atoms with Crippen LogP contribution in [0.25, 0.3) is 16.7 Å². The number of nitrogens with one attached hydrogen (secondary N) is 1. The number of nitrogens with zero attached hydrogens (tertiary/aromatic N) is 4. The molecule has 0 bridgehead atoms. The predicted octanol–water partition coefficient (Wildman–Crippen LogP) is 4.18. The average molecular weight is 446 g/mol. The Balaban J connectivity index is 1.43. The molecule has 8 heteroatoms. The fourth-order valence-electron chi connectivity index (χ4n) is 3.90. The minimum absolute atomic E-state index is 0.117. The van der Waals surface area contributed by atoms with Gasteiger partial charge in [0.15, 0.2) is 10.8 Å². The number of fused-ring (bicyclic) bond motifs is 2. The van der Waals surface area contributed by atoms with Crippen molar-refractivity contribution < 1.29 is 4.79 Å². The van der Waals surface area contributed by atoms with Crippen LogP contribution >= 0.6 is 11.8 Å². The minimum atomic E-state index is -0.242. The average Bonchev–Trinajstić information content (AvgIpc) is 3.36. The molecule has 3 heterocycles. The highest BCUT2D eigenvalue weighted by Gasteiger charge is 2.29. The van der Waals surface area contributed by atoms with Crippen LogP contribution < -0.4 is 10.9 Å². The number of carbonyl (C=O) groups is 1. The maximum Gasteiger partial charge on any atom is 0.265 e. The fourth-order valence-corrected chi connectivity index (χ4v) is 5.03. The molecular formula is C24H23N5O2S. The summed E-state index contributed by atoms with van der Waals surface area (Å²) in [6.45, 7) is 6.08. The van der Waals surface area contributed by atoms with Gasteiger partial charge in [0, 0.05) is 17.9 Å². The highest BCUT2D eigenvalue weighted by atomic mass is 32.2. The van der Waals surface area contributed by atoms with Crippen molar-refractivity contribution in [1.29, 1.82) is 0 Å². The summed E-state index contributed by atoms with van der Waals surface area (Å²) in [5, 5.41) is 8.44. The zero-order valence-electron chi connectivity index (χ0n) is 18.1. The van der Waals surface area contributed by atoms with E-state index in [2.05, 4.69) is 10.4 Å². The van der Waals surface area contributed by atoms with Crippen molar-refractivity contribution in [3.63, 3.8) is 0 Å². The third-order valence-corrected chi connectivity index (χ3v) is 6.96. The van der Waals surface area contributed by atoms with Gasteiger partial charge in [-0.25, -0.2) is 9.67 Å². The van der Waals surface area contributed by atoms with Gasteiger partial charge in [-0.1, -0.05) is 35.5 Å². The monoisotopic (exact) mass is 445 g/mol. The van der Waals surface area contributed by atoms with Crippen molar-refractivity contribution in [2.75, 3.05) is 11.1 Å². The van der Waals surface area contributed by atoms with Crippen LogP contribution in [0.3, 0.4) is 0 Å². The Hall–Kier alpha value is -3.39. The van der Waals surface area contributed by atoms with Crippen molar-refractivity contribution in [2.45, 2.75) is 38.4 Å². The van der Waals surface area contributed by atoms with E-state index in [-0.39, 0.29) is 23.9 Å².